The topological polar surface area (TPSA) is 89.9 Å². The second kappa shape index (κ2) is 8.75. The zero-order chi connectivity index (χ0) is 23.0. The molecule has 2 N–H and O–H groups in total. The van der Waals surface area contributed by atoms with Crippen LogP contribution in [0.3, 0.4) is 0 Å². The Balaban J connectivity index is 1.12. The minimum atomic E-state index is -4.72. The summed E-state index contributed by atoms with van der Waals surface area (Å²) in [5.74, 6) is 1.13. The Labute approximate surface area is 187 Å². The molecule has 4 heterocycles. The Morgan fingerprint density at radius 2 is 1.82 bits per heavy atom. The van der Waals surface area contributed by atoms with Gasteiger partial charge in [0.15, 0.2) is 0 Å². The minimum absolute atomic E-state index is 0.0831. The fourth-order valence-electron chi connectivity index (χ4n) is 4.33. The minimum Gasteiger partial charge on any atom is -0.488 e. The maximum atomic E-state index is 12.5. The van der Waals surface area contributed by atoms with Crippen molar-refractivity contribution in [2.45, 2.75) is 37.4 Å². The van der Waals surface area contributed by atoms with E-state index in [1.165, 1.54) is 24.3 Å². The Bertz CT molecular complexity index is 985. The standard InChI is InChI=1S/C21H24F3N5O4/c22-21(23,24)33-15-3-1-14(2-4-15)32-16-10-28(11-16)12-18-26-20(30)17-9-25-19(29(17)27-18)13-5-7-31-8-6-13/h1-4,9,13,16,18,27H,5-8,10-12H2,(H,26,30). The van der Waals surface area contributed by atoms with Gasteiger partial charge in [0.1, 0.15) is 35.3 Å². The monoisotopic (exact) mass is 467 g/mol. The number of ether oxygens (including phenoxy) is 3. The summed E-state index contributed by atoms with van der Waals surface area (Å²) in [6.07, 6.45) is -1.74. The van der Waals surface area contributed by atoms with Crippen LogP contribution in [0, 0.1) is 0 Å². The fraction of sp³-hybridized carbons (Fsp3) is 0.524. The second-order valence-corrected chi connectivity index (χ2v) is 8.36. The number of hydrogen-bond donors (Lipinski definition) is 2. The van der Waals surface area contributed by atoms with Gasteiger partial charge in [-0.1, -0.05) is 0 Å². The molecule has 1 amide bonds. The summed E-state index contributed by atoms with van der Waals surface area (Å²) in [7, 11) is 0. The Morgan fingerprint density at radius 3 is 2.52 bits per heavy atom. The molecular formula is C21H24F3N5O4. The number of benzene rings is 1. The lowest BCUT2D eigenvalue weighted by atomic mass is 10.00. The molecule has 1 atom stereocenters. The average Bonchev–Trinajstić information content (AvgIpc) is 3.17. The molecule has 2 aromatic rings. The fourth-order valence-corrected chi connectivity index (χ4v) is 4.33. The number of alkyl halides is 3. The predicted molar refractivity (Wildman–Crippen MR) is 110 cm³/mol. The molecule has 0 saturated carbocycles. The van der Waals surface area contributed by atoms with Crippen molar-refractivity contribution in [1.82, 2.24) is 19.9 Å². The van der Waals surface area contributed by atoms with Gasteiger partial charge in [-0.2, -0.15) is 0 Å². The number of nitrogens with zero attached hydrogens (tertiary/aromatic N) is 3. The Hall–Kier alpha value is -2.99. The molecule has 33 heavy (non-hydrogen) atoms. The number of fused-ring (bicyclic) bond motifs is 1. The van der Waals surface area contributed by atoms with Crippen LogP contribution in [-0.4, -0.2) is 71.9 Å². The van der Waals surface area contributed by atoms with Crippen molar-refractivity contribution in [3.05, 3.63) is 42.0 Å². The lowest BCUT2D eigenvalue weighted by Crippen LogP contribution is -2.61. The van der Waals surface area contributed by atoms with Crippen molar-refractivity contribution >= 4 is 5.91 Å². The van der Waals surface area contributed by atoms with Crippen LogP contribution in [-0.2, 0) is 4.74 Å². The van der Waals surface area contributed by atoms with E-state index in [-0.39, 0.29) is 29.8 Å². The highest BCUT2D eigenvalue weighted by atomic mass is 19.4. The molecule has 0 radical (unpaired) electrons. The summed E-state index contributed by atoms with van der Waals surface area (Å²) in [5.41, 5.74) is 3.85. The molecule has 1 aromatic carbocycles. The van der Waals surface area contributed by atoms with Crippen LogP contribution < -0.4 is 20.2 Å². The van der Waals surface area contributed by atoms with E-state index in [2.05, 4.69) is 25.4 Å². The first-order valence-corrected chi connectivity index (χ1v) is 10.8. The van der Waals surface area contributed by atoms with E-state index in [0.29, 0.717) is 44.3 Å². The molecule has 1 unspecified atom stereocenters. The molecule has 3 aliphatic heterocycles. The molecule has 9 nitrogen and oxygen atoms in total. The third-order valence-electron chi connectivity index (χ3n) is 5.92. The first-order chi connectivity index (χ1) is 15.8. The van der Waals surface area contributed by atoms with Crippen molar-refractivity contribution < 1.29 is 32.2 Å². The number of imidazole rings is 1. The molecule has 0 bridgehead atoms. The number of hydrogen-bond acceptors (Lipinski definition) is 7. The molecule has 2 fully saturated rings. The summed E-state index contributed by atoms with van der Waals surface area (Å²) in [5, 5.41) is 2.95. The van der Waals surface area contributed by atoms with Crippen molar-refractivity contribution in [2.75, 3.05) is 38.3 Å². The number of rotatable bonds is 6. The average molecular weight is 467 g/mol. The number of carbonyl (C=O) groups is 1. The number of nitrogens with one attached hydrogen (secondary N) is 2. The molecule has 0 spiro atoms. The smallest absolute Gasteiger partial charge is 0.488 e. The lowest BCUT2D eigenvalue weighted by molar-refractivity contribution is -0.274. The maximum Gasteiger partial charge on any atom is 0.573 e. The summed E-state index contributed by atoms with van der Waals surface area (Å²) >= 11 is 0. The first kappa shape index (κ1) is 21.8. The highest BCUT2D eigenvalue weighted by molar-refractivity contribution is 5.93. The molecule has 3 aliphatic rings. The summed E-state index contributed by atoms with van der Waals surface area (Å²) < 4.78 is 53.7. The summed E-state index contributed by atoms with van der Waals surface area (Å²) in [4.78, 5) is 19.1. The number of amides is 1. The van der Waals surface area contributed by atoms with Crippen molar-refractivity contribution in [1.29, 1.82) is 0 Å². The molecule has 1 aromatic heterocycles. The predicted octanol–water partition coefficient (Wildman–Crippen LogP) is 2.05. The largest absolute Gasteiger partial charge is 0.573 e. The van der Waals surface area contributed by atoms with Crippen LogP contribution in [0.4, 0.5) is 13.2 Å². The van der Waals surface area contributed by atoms with E-state index in [1.54, 1.807) is 10.9 Å². The van der Waals surface area contributed by atoms with Gasteiger partial charge in [-0.15, -0.1) is 13.2 Å². The molecule has 178 valence electrons. The van der Waals surface area contributed by atoms with Gasteiger partial charge in [-0.05, 0) is 37.1 Å². The van der Waals surface area contributed by atoms with Crippen LogP contribution in [0.5, 0.6) is 11.5 Å². The summed E-state index contributed by atoms with van der Waals surface area (Å²) in [6, 6.07) is 5.34. The van der Waals surface area contributed by atoms with Crippen molar-refractivity contribution in [3.8, 4) is 11.5 Å². The molecular weight excluding hydrogens is 443 g/mol. The highest BCUT2D eigenvalue weighted by Gasteiger charge is 2.35. The van der Waals surface area contributed by atoms with E-state index in [9.17, 15) is 18.0 Å². The SMILES string of the molecule is O=C1NC(CN2CC(Oc3ccc(OC(F)(F)F)cc3)C2)Nn2c1cnc2C1CCOCC1. The van der Waals surface area contributed by atoms with Crippen LogP contribution in [0.2, 0.25) is 0 Å². The molecule has 12 heteroatoms. The lowest BCUT2D eigenvalue weighted by Gasteiger charge is -2.42. The molecule has 5 rings (SSSR count). The van der Waals surface area contributed by atoms with Gasteiger partial charge in [0, 0.05) is 38.8 Å². The first-order valence-electron chi connectivity index (χ1n) is 10.8. The quantitative estimate of drug-likeness (QED) is 0.672. The molecule has 2 saturated heterocycles. The second-order valence-electron chi connectivity index (χ2n) is 8.36. The number of halogens is 3. The van der Waals surface area contributed by atoms with E-state index in [1.807, 2.05) is 0 Å². The van der Waals surface area contributed by atoms with Gasteiger partial charge in [0.2, 0.25) is 0 Å². The van der Waals surface area contributed by atoms with Crippen LogP contribution in [0.15, 0.2) is 30.5 Å². The van der Waals surface area contributed by atoms with Crippen LogP contribution in [0.1, 0.15) is 35.1 Å². The van der Waals surface area contributed by atoms with Crippen molar-refractivity contribution in [3.63, 3.8) is 0 Å². The van der Waals surface area contributed by atoms with Gasteiger partial charge in [-0.25, -0.2) is 9.66 Å². The maximum absolute atomic E-state index is 12.5. The Morgan fingerprint density at radius 1 is 1.12 bits per heavy atom. The van der Waals surface area contributed by atoms with E-state index >= 15 is 0 Å². The van der Waals surface area contributed by atoms with E-state index in [4.69, 9.17) is 9.47 Å². The van der Waals surface area contributed by atoms with Gasteiger partial charge >= 0.3 is 6.36 Å². The third-order valence-corrected chi connectivity index (χ3v) is 5.92. The summed E-state index contributed by atoms with van der Waals surface area (Å²) in [6.45, 7) is 3.23. The zero-order valence-corrected chi connectivity index (χ0v) is 17.7. The van der Waals surface area contributed by atoms with Gasteiger partial charge in [-0.3, -0.25) is 9.69 Å². The zero-order valence-electron chi connectivity index (χ0n) is 17.7. The number of carbonyl (C=O) groups excluding carboxylic acids is 1. The van der Waals surface area contributed by atoms with Crippen LogP contribution in [0.25, 0.3) is 0 Å². The van der Waals surface area contributed by atoms with Gasteiger partial charge in [0.25, 0.3) is 5.91 Å². The highest BCUT2D eigenvalue weighted by Crippen LogP contribution is 2.28. The third kappa shape index (κ3) is 5.01. The number of likely N-dealkylation sites (tertiary alicyclic amines) is 1. The number of aromatic nitrogens is 2. The van der Waals surface area contributed by atoms with Crippen LogP contribution >= 0.6 is 0 Å². The van der Waals surface area contributed by atoms with Crippen molar-refractivity contribution in [2.24, 2.45) is 0 Å². The van der Waals surface area contributed by atoms with E-state index < -0.39 is 6.36 Å². The Kier molecular flexibility index (Phi) is 5.79. The molecule has 0 aliphatic carbocycles. The van der Waals surface area contributed by atoms with Gasteiger partial charge in [0.05, 0.1) is 6.20 Å². The normalized spacial score (nSPS) is 22.2. The van der Waals surface area contributed by atoms with Gasteiger partial charge < -0.3 is 25.0 Å². The van der Waals surface area contributed by atoms with E-state index in [0.717, 1.165) is 18.7 Å².